The maximum absolute atomic E-state index is 4.71. The Morgan fingerprint density at radius 1 is 1.14 bits per heavy atom. The number of aryl methyl sites for hydroxylation is 2. The summed E-state index contributed by atoms with van der Waals surface area (Å²) in [7, 11) is 0. The highest BCUT2D eigenvalue weighted by molar-refractivity contribution is 5.41. The van der Waals surface area contributed by atoms with Gasteiger partial charge in [-0.15, -0.1) is 0 Å². The van der Waals surface area contributed by atoms with Crippen LogP contribution in [0, 0.1) is 12.8 Å². The van der Waals surface area contributed by atoms with Crippen molar-refractivity contribution in [1.29, 1.82) is 0 Å². The predicted octanol–water partition coefficient (Wildman–Crippen LogP) is 2.80. The molecule has 4 heteroatoms. The van der Waals surface area contributed by atoms with Gasteiger partial charge >= 0.3 is 0 Å². The average Bonchev–Trinajstić information content (AvgIpc) is 3.38. The number of aromatic nitrogens is 2. The zero-order chi connectivity index (χ0) is 15.1. The number of nitrogens with zero attached hydrogens (tertiary/aromatic N) is 4. The van der Waals surface area contributed by atoms with Gasteiger partial charge in [-0.25, -0.2) is 9.97 Å². The Morgan fingerprint density at radius 3 is 2.77 bits per heavy atom. The van der Waals surface area contributed by atoms with E-state index in [0.717, 1.165) is 42.6 Å². The fourth-order valence-corrected chi connectivity index (χ4v) is 4.46. The molecule has 1 aromatic heterocycles. The molecule has 0 aromatic carbocycles. The van der Waals surface area contributed by atoms with Gasteiger partial charge in [-0.05, 0) is 57.9 Å². The number of anilines is 1. The Kier molecular flexibility index (Phi) is 3.81. The van der Waals surface area contributed by atoms with E-state index in [4.69, 9.17) is 4.98 Å². The van der Waals surface area contributed by atoms with Gasteiger partial charge in [0.2, 0.25) is 0 Å². The first-order valence-corrected chi connectivity index (χ1v) is 9.10. The third-order valence-electron chi connectivity index (χ3n) is 5.69. The minimum absolute atomic E-state index is 0.837. The van der Waals surface area contributed by atoms with Crippen molar-refractivity contribution in [2.24, 2.45) is 5.92 Å². The molecule has 22 heavy (non-hydrogen) atoms. The molecule has 3 heterocycles. The number of hydrogen-bond acceptors (Lipinski definition) is 4. The van der Waals surface area contributed by atoms with Crippen molar-refractivity contribution in [1.82, 2.24) is 14.9 Å². The number of likely N-dealkylation sites (tertiary alicyclic amines) is 1. The molecule has 2 atom stereocenters. The molecule has 1 saturated carbocycles. The third-order valence-corrected chi connectivity index (χ3v) is 5.69. The Labute approximate surface area is 133 Å². The summed E-state index contributed by atoms with van der Waals surface area (Å²) in [5, 5.41) is 0. The Morgan fingerprint density at radius 2 is 2.00 bits per heavy atom. The van der Waals surface area contributed by atoms with E-state index in [0.29, 0.717) is 0 Å². The van der Waals surface area contributed by atoms with Gasteiger partial charge in [0, 0.05) is 36.9 Å². The molecule has 0 spiro atoms. The molecule has 0 radical (unpaired) electrons. The van der Waals surface area contributed by atoms with E-state index in [1.807, 2.05) is 6.92 Å². The van der Waals surface area contributed by atoms with Crippen LogP contribution in [0.25, 0.3) is 0 Å². The van der Waals surface area contributed by atoms with Crippen molar-refractivity contribution in [3.8, 4) is 0 Å². The van der Waals surface area contributed by atoms with Gasteiger partial charge in [-0.2, -0.15) is 0 Å². The van der Waals surface area contributed by atoms with Crippen LogP contribution in [0.2, 0.25) is 0 Å². The van der Waals surface area contributed by atoms with Crippen molar-refractivity contribution in [3.05, 3.63) is 17.6 Å². The number of fused-ring (bicyclic) bond motifs is 1. The van der Waals surface area contributed by atoms with Crippen molar-refractivity contribution < 1.29 is 0 Å². The highest BCUT2D eigenvalue weighted by Crippen LogP contribution is 2.38. The Bertz CT molecular complexity index is 540. The summed E-state index contributed by atoms with van der Waals surface area (Å²) in [5.41, 5.74) is 1.17. The molecule has 1 aliphatic carbocycles. The van der Waals surface area contributed by atoms with Gasteiger partial charge in [0.1, 0.15) is 11.6 Å². The predicted molar refractivity (Wildman–Crippen MR) is 89.2 cm³/mol. The lowest BCUT2D eigenvalue weighted by molar-refractivity contribution is 0.0696. The molecule has 2 aliphatic heterocycles. The van der Waals surface area contributed by atoms with Gasteiger partial charge in [-0.1, -0.05) is 6.92 Å². The summed E-state index contributed by atoms with van der Waals surface area (Å²) in [6, 6.07) is 3.97. The van der Waals surface area contributed by atoms with Gasteiger partial charge < -0.3 is 4.90 Å². The van der Waals surface area contributed by atoms with Crippen molar-refractivity contribution in [2.75, 3.05) is 24.5 Å². The first kappa shape index (κ1) is 14.4. The van der Waals surface area contributed by atoms with E-state index in [-0.39, 0.29) is 0 Å². The van der Waals surface area contributed by atoms with E-state index >= 15 is 0 Å². The van der Waals surface area contributed by atoms with Gasteiger partial charge in [0.15, 0.2) is 0 Å². The monoisotopic (exact) mass is 300 g/mol. The highest BCUT2D eigenvalue weighted by atomic mass is 15.3. The average molecular weight is 300 g/mol. The smallest absolute Gasteiger partial charge is 0.132 e. The third kappa shape index (κ3) is 2.73. The second-order valence-electron chi connectivity index (χ2n) is 7.29. The van der Waals surface area contributed by atoms with Crippen LogP contribution in [-0.2, 0) is 6.42 Å². The minimum Gasteiger partial charge on any atom is -0.356 e. The van der Waals surface area contributed by atoms with Crippen LogP contribution in [0.15, 0.2) is 6.07 Å². The van der Waals surface area contributed by atoms with Crippen LogP contribution >= 0.6 is 0 Å². The second kappa shape index (κ2) is 5.80. The summed E-state index contributed by atoms with van der Waals surface area (Å²) in [6.45, 7) is 7.88. The topological polar surface area (TPSA) is 32.3 Å². The van der Waals surface area contributed by atoms with Crippen molar-refractivity contribution in [2.45, 2.75) is 64.5 Å². The molecule has 1 aromatic rings. The molecule has 0 bridgehead atoms. The fraction of sp³-hybridized carbons (Fsp3) is 0.778. The normalized spacial score (nSPS) is 29.5. The van der Waals surface area contributed by atoms with E-state index < -0.39 is 0 Å². The van der Waals surface area contributed by atoms with Gasteiger partial charge in [0.25, 0.3) is 0 Å². The van der Waals surface area contributed by atoms with Crippen LogP contribution in [-0.4, -0.2) is 46.6 Å². The molecule has 4 nitrogen and oxygen atoms in total. The SMILES string of the molecule is CCc1cc(N2CCC3C(CCCN3C3CC3)C2)nc(C)n1. The zero-order valence-electron chi connectivity index (χ0n) is 14.0. The zero-order valence-corrected chi connectivity index (χ0v) is 14.0. The molecule has 4 rings (SSSR count). The Balaban J connectivity index is 1.50. The minimum atomic E-state index is 0.837. The van der Waals surface area contributed by atoms with E-state index in [9.17, 15) is 0 Å². The molecule has 3 fully saturated rings. The van der Waals surface area contributed by atoms with Crippen LogP contribution < -0.4 is 4.90 Å². The molecule has 120 valence electrons. The summed E-state index contributed by atoms with van der Waals surface area (Å²) in [4.78, 5) is 14.6. The summed E-state index contributed by atoms with van der Waals surface area (Å²) < 4.78 is 0. The lowest BCUT2D eigenvalue weighted by atomic mass is 9.83. The lowest BCUT2D eigenvalue weighted by Crippen LogP contribution is -2.54. The second-order valence-corrected chi connectivity index (χ2v) is 7.29. The van der Waals surface area contributed by atoms with Crippen LogP contribution in [0.3, 0.4) is 0 Å². The number of piperidine rings is 2. The van der Waals surface area contributed by atoms with Crippen molar-refractivity contribution >= 4 is 5.82 Å². The van der Waals surface area contributed by atoms with E-state index in [1.165, 1.54) is 50.9 Å². The molecule has 0 amide bonds. The first-order chi connectivity index (χ1) is 10.7. The fourth-order valence-electron chi connectivity index (χ4n) is 4.46. The summed E-state index contributed by atoms with van der Waals surface area (Å²) >= 11 is 0. The summed E-state index contributed by atoms with van der Waals surface area (Å²) in [5.74, 6) is 2.91. The molecule has 2 saturated heterocycles. The van der Waals surface area contributed by atoms with Crippen LogP contribution in [0.5, 0.6) is 0 Å². The quantitative estimate of drug-likeness (QED) is 0.859. The van der Waals surface area contributed by atoms with E-state index in [1.54, 1.807) is 0 Å². The first-order valence-electron chi connectivity index (χ1n) is 9.10. The molecular formula is C18H28N4. The summed E-state index contributed by atoms with van der Waals surface area (Å²) in [6.07, 6.45) is 7.97. The molecule has 0 N–H and O–H groups in total. The Hall–Kier alpha value is -1.16. The van der Waals surface area contributed by atoms with Gasteiger partial charge in [-0.3, -0.25) is 4.90 Å². The molecule has 2 unspecified atom stereocenters. The number of hydrogen-bond donors (Lipinski definition) is 0. The molecular weight excluding hydrogens is 272 g/mol. The largest absolute Gasteiger partial charge is 0.356 e. The highest BCUT2D eigenvalue weighted by Gasteiger charge is 2.42. The van der Waals surface area contributed by atoms with Crippen LogP contribution in [0.4, 0.5) is 5.82 Å². The maximum atomic E-state index is 4.71. The lowest BCUT2D eigenvalue weighted by Gasteiger charge is -2.48. The molecule has 3 aliphatic rings. The van der Waals surface area contributed by atoms with Crippen molar-refractivity contribution in [3.63, 3.8) is 0 Å². The maximum Gasteiger partial charge on any atom is 0.132 e. The van der Waals surface area contributed by atoms with Crippen LogP contribution in [0.1, 0.15) is 50.5 Å². The van der Waals surface area contributed by atoms with E-state index in [2.05, 4.69) is 27.8 Å². The standard InChI is InChI=1S/C18H28N4/c1-3-15-11-18(20-13(2)19-15)21-10-8-17-14(12-21)5-4-9-22(17)16-6-7-16/h11,14,16-17H,3-10,12H2,1-2H3. The van der Waals surface area contributed by atoms with Gasteiger partial charge in [0.05, 0.1) is 0 Å². The number of rotatable bonds is 3.